The Bertz CT molecular complexity index is 432. The number of carbonyl (C=O) groups is 1. The third kappa shape index (κ3) is 2.93. The summed E-state index contributed by atoms with van der Waals surface area (Å²) in [5.74, 6) is -0.216. The van der Waals surface area contributed by atoms with E-state index in [9.17, 15) is 13.2 Å². The van der Waals surface area contributed by atoms with Gasteiger partial charge in [0.05, 0.1) is 0 Å². The summed E-state index contributed by atoms with van der Waals surface area (Å²) in [6.45, 7) is 2.38. The summed E-state index contributed by atoms with van der Waals surface area (Å²) in [6.07, 6.45) is 5.20. The molecule has 0 spiro atoms. The van der Waals surface area contributed by atoms with Gasteiger partial charge in [-0.1, -0.05) is 19.3 Å². The molecule has 0 aromatic heterocycles. The molecule has 1 aliphatic carbocycles. The molecular formula is C12H23N3O3S. The first-order valence-electron chi connectivity index (χ1n) is 6.97. The minimum absolute atomic E-state index is 0.0796. The molecule has 2 fully saturated rings. The van der Waals surface area contributed by atoms with Gasteiger partial charge in [-0.15, -0.1) is 0 Å². The molecule has 1 heterocycles. The van der Waals surface area contributed by atoms with Gasteiger partial charge in [-0.3, -0.25) is 4.79 Å². The zero-order valence-electron chi connectivity index (χ0n) is 11.6. The van der Waals surface area contributed by atoms with Crippen LogP contribution in [-0.2, 0) is 15.0 Å². The highest BCUT2D eigenvalue weighted by molar-refractivity contribution is 7.86. The summed E-state index contributed by atoms with van der Waals surface area (Å²) in [5.41, 5.74) is 0. The molecule has 6 nitrogen and oxygen atoms in total. The molecular weight excluding hydrogens is 266 g/mol. The summed E-state index contributed by atoms with van der Waals surface area (Å²) in [7, 11) is -1.89. The predicted molar refractivity (Wildman–Crippen MR) is 72.7 cm³/mol. The molecule has 1 unspecified atom stereocenters. The summed E-state index contributed by atoms with van der Waals surface area (Å²) in [6, 6.07) is -0.541. The number of piperazine rings is 1. The van der Waals surface area contributed by atoms with E-state index in [0.29, 0.717) is 13.1 Å². The molecule has 1 N–H and O–H groups in total. The third-order valence-electron chi connectivity index (χ3n) is 4.19. The Kier molecular flexibility index (Phi) is 4.47. The van der Waals surface area contributed by atoms with E-state index in [1.165, 1.54) is 15.0 Å². The third-order valence-corrected chi connectivity index (χ3v) is 6.31. The predicted octanol–water partition coefficient (Wildman–Crippen LogP) is 0.316. The molecule has 110 valence electrons. The van der Waals surface area contributed by atoms with E-state index >= 15 is 0 Å². The Morgan fingerprint density at radius 1 is 1.26 bits per heavy atom. The maximum Gasteiger partial charge on any atom is 0.282 e. The Morgan fingerprint density at radius 2 is 1.89 bits per heavy atom. The Morgan fingerprint density at radius 3 is 2.53 bits per heavy atom. The highest BCUT2D eigenvalue weighted by atomic mass is 32.2. The topological polar surface area (TPSA) is 69.7 Å². The van der Waals surface area contributed by atoms with Crippen LogP contribution < -0.4 is 5.32 Å². The highest BCUT2D eigenvalue weighted by Crippen LogP contribution is 2.25. The number of carbonyl (C=O) groups excluding carboxylic acids is 1. The molecule has 1 aliphatic heterocycles. The molecule has 0 radical (unpaired) electrons. The molecule has 2 aliphatic rings. The SMILES string of the molecule is CC1C(=O)NCCN1S(=O)(=O)N(C)C1CCCCC1. The van der Waals surface area contributed by atoms with Crippen molar-refractivity contribution in [1.82, 2.24) is 13.9 Å². The van der Waals surface area contributed by atoms with Gasteiger partial charge in [0.15, 0.2) is 0 Å². The number of nitrogens with one attached hydrogen (secondary N) is 1. The lowest BCUT2D eigenvalue weighted by molar-refractivity contribution is -0.126. The lowest BCUT2D eigenvalue weighted by atomic mass is 9.96. The maximum atomic E-state index is 12.6. The van der Waals surface area contributed by atoms with Gasteiger partial charge < -0.3 is 5.32 Å². The van der Waals surface area contributed by atoms with Crippen LogP contribution in [0.1, 0.15) is 39.0 Å². The van der Waals surface area contributed by atoms with Gasteiger partial charge in [0.25, 0.3) is 10.2 Å². The fourth-order valence-corrected chi connectivity index (χ4v) is 4.61. The number of amides is 1. The number of rotatable bonds is 3. The van der Waals surface area contributed by atoms with Gasteiger partial charge in [0.2, 0.25) is 5.91 Å². The van der Waals surface area contributed by atoms with E-state index in [4.69, 9.17) is 0 Å². The number of nitrogens with zero attached hydrogens (tertiary/aromatic N) is 2. The maximum absolute atomic E-state index is 12.6. The van der Waals surface area contributed by atoms with Gasteiger partial charge in [0, 0.05) is 26.2 Å². The van der Waals surface area contributed by atoms with Crippen LogP contribution in [0.25, 0.3) is 0 Å². The van der Waals surface area contributed by atoms with Crippen molar-refractivity contribution in [2.45, 2.75) is 51.1 Å². The largest absolute Gasteiger partial charge is 0.353 e. The summed E-state index contributed by atoms with van der Waals surface area (Å²) in [5, 5.41) is 2.69. The first-order chi connectivity index (χ1) is 8.94. The van der Waals surface area contributed by atoms with Crippen LogP contribution in [0.3, 0.4) is 0 Å². The van der Waals surface area contributed by atoms with Crippen molar-refractivity contribution in [3.05, 3.63) is 0 Å². The fraction of sp³-hybridized carbons (Fsp3) is 0.917. The molecule has 1 atom stereocenters. The van der Waals surface area contributed by atoms with Gasteiger partial charge in [-0.05, 0) is 19.8 Å². The van der Waals surface area contributed by atoms with Crippen LogP contribution >= 0.6 is 0 Å². The van der Waals surface area contributed by atoms with Crippen LogP contribution in [0.4, 0.5) is 0 Å². The first-order valence-corrected chi connectivity index (χ1v) is 8.37. The fourth-order valence-electron chi connectivity index (χ4n) is 2.88. The van der Waals surface area contributed by atoms with Gasteiger partial charge >= 0.3 is 0 Å². The van der Waals surface area contributed by atoms with E-state index in [1.54, 1.807) is 14.0 Å². The van der Waals surface area contributed by atoms with Gasteiger partial charge in [-0.2, -0.15) is 17.0 Å². The van der Waals surface area contributed by atoms with E-state index < -0.39 is 16.3 Å². The van der Waals surface area contributed by atoms with Crippen molar-refractivity contribution in [1.29, 1.82) is 0 Å². The lowest BCUT2D eigenvalue weighted by Crippen LogP contribution is -2.59. The van der Waals surface area contributed by atoms with Crippen molar-refractivity contribution < 1.29 is 13.2 Å². The van der Waals surface area contributed by atoms with Crippen molar-refractivity contribution in [2.24, 2.45) is 0 Å². The zero-order chi connectivity index (χ0) is 14.0. The van der Waals surface area contributed by atoms with Crippen LogP contribution in [0.5, 0.6) is 0 Å². The molecule has 19 heavy (non-hydrogen) atoms. The second-order valence-corrected chi connectivity index (χ2v) is 7.33. The van der Waals surface area contributed by atoms with Crippen LogP contribution in [0, 0.1) is 0 Å². The molecule has 2 rings (SSSR count). The molecule has 1 amide bonds. The molecule has 0 bridgehead atoms. The summed E-state index contributed by atoms with van der Waals surface area (Å²) in [4.78, 5) is 11.6. The number of hydrogen-bond acceptors (Lipinski definition) is 3. The van der Waals surface area contributed by atoms with Crippen LogP contribution in [0.2, 0.25) is 0 Å². The Hall–Kier alpha value is -0.660. The smallest absolute Gasteiger partial charge is 0.282 e. The van der Waals surface area contributed by atoms with Crippen molar-refractivity contribution in [2.75, 3.05) is 20.1 Å². The molecule has 1 saturated carbocycles. The molecule has 7 heteroatoms. The summed E-state index contributed by atoms with van der Waals surface area (Å²) >= 11 is 0. The normalized spacial score (nSPS) is 27.5. The minimum Gasteiger partial charge on any atom is -0.353 e. The van der Waals surface area contributed by atoms with Crippen LogP contribution in [-0.4, -0.2) is 55.2 Å². The second-order valence-electron chi connectivity index (χ2n) is 5.39. The van der Waals surface area contributed by atoms with Gasteiger partial charge in [-0.25, -0.2) is 0 Å². The quantitative estimate of drug-likeness (QED) is 0.813. The highest BCUT2D eigenvalue weighted by Gasteiger charge is 2.39. The minimum atomic E-state index is -3.54. The van der Waals surface area contributed by atoms with E-state index in [2.05, 4.69) is 5.32 Å². The van der Waals surface area contributed by atoms with E-state index in [0.717, 1.165) is 25.7 Å². The Labute approximate surface area is 115 Å². The van der Waals surface area contributed by atoms with E-state index in [-0.39, 0.29) is 11.9 Å². The van der Waals surface area contributed by atoms with Crippen molar-refractivity contribution in [3.63, 3.8) is 0 Å². The number of hydrogen-bond donors (Lipinski definition) is 1. The molecule has 0 aromatic rings. The average molecular weight is 289 g/mol. The monoisotopic (exact) mass is 289 g/mol. The lowest BCUT2D eigenvalue weighted by Gasteiger charge is -2.38. The van der Waals surface area contributed by atoms with E-state index in [1.807, 2.05) is 0 Å². The Balaban J connectivity index is 2.13. The summed E-state index contributed by atoms with van der Waals surface area (Å²) < 4.78 is 28.0. The first kappa shape index (κ1) is 14.7. The molecule has 0 aromatic carbocycles. The zero-order valence-corrected chi connectivity index (χ0v) is 12.4. The van der Waals surface area contributed by atoms with Crippen LogP contribution in [0.15, 0.2) is 0 Å². The standard InChI is InChI=1S/C12H23N3O3S/c1-10-12(16)13-8-9-15(10)19(17,18)14(2)11-6-4-3-5-7-11/h10-11H,3-9H2,1-2H3,(H,13,16). The van der Waals surface area contributed by atoms with Crippen molar-refractivity contribution >= 4 is 16.1 Å². The van der Waals surface area contributed by atoms with Gasteiger partial charge in [0.1, 0.15) is 6.04 Å². The van der Waals surface area contributed by atoms with Crippen molar-refractivity contribution in [3.8, 4) is 0 Å². The second kappa shape index (κ2) is 5.76. The molecule has 1 saturated heterocycles. The average Bonchev–Trinajstić information content (AvgIpc) is 2.41.